The Bertz CT molecular complexity index is 330. The molecule has 1 saturated carbocycles. The van der Waals surface area contributed by atoms with E-state index in [-0.39, 0.29) is 5.41 Å². The zero-order chi connectivity index (χ0) is 8.60. The van der Waals surface area contributed by atoms with Crippen LogP contribution in [-0.4, -0.2) is 7.85 Å². The van der Waals surface area contributed by atoms with Gasteiger partial charge in [0.1, 0.15) is 7.85 Å². The molecule has 0 unspecified atom stereocenters. The molecule has 2 heteroatoms. The molecule has 0 saturated heterocycles. The number of benzene rings is 1. The van der Waals surface area contributed by atoms with Gasteiger partial charge in [-0.1, -0.05) is 29.7 Å². The molecule has 1 aliphatic rings. The first-order valence-corrected chi connectivity index (χ1v) is 4.25. The predicted octanol–water partition coefficient (Wildman–Crippen LogP) is 0.500. The number of nitriles is 1. The van der Waals surface area contributed by atoms with E-state index >= 15 is 0 Å². The molecule has 1 fully saturated rings. The molecular weight excluding hydrogens is 145 g/mol. The highest BCUT2D eigenvalue weighted by Gasteiger charge is 2.44. The lowest BCUT2D eigenvalue weighted by Crippen LogP contribution is -2.06. The van der Waals surface area contributed by atoms with Crippen molar-refractivity contribution in [1.29, 1.82) is 5.26 Å². The molecule has 1 aliphatic carbocycles. The molecule has 0 heterocycles. The predicted molar refractivity (Wildman–Crippen MR) is 51.1 cm³/mol. The third-order valence-corrected chi connectivity index (χ3v) is 2.57. The maximum absolute atomic E-state index is 8.93. The van der Waals surface area contributed by atoms with Crippen molar-refractivity contribution in [2.75, 3.05) is 0 Å². The van der Waals surface area contributed by atoms with Gasteiger partial charge in [-0.3, -0.25) is 0 Å². The van der Waals surface area contributed by atoms with Gasteiger partial charge in [0.2, 0.25) is 0 Å². The fraction of sp³-hybridized carbons (Fsp3) is 0.300. The molecule has 0 N–H and O–H groups in total. The van der Waals surface area contributed by atoms with Crippen LogP contribution in [0.1, 0.15) is 18.4 Å². The van der Waals surface area contributed by atoms with Crippen LogP contribution in [0.4, 0.5) is 0 Å². The summed E-state index contributed by atoms with van der Waals surface area (Å²) in [7, 11) is 2.07. The second-order valence-electron chi connectivity index (χ2n) is 3.56. The maximum Gasteiger partial charge on any atom is 0.139 e. The second kappa shape index (κ2) is 2.38. The Hall–Kier alpha value is -1.23. The minimum atomic E-state index is -0.117. The summed E-state index contributed by atoms with van der Waals surface area (Å²) < 4.78 is 0. The Labute approximate surface area is 73.4 Å². The lowest BCUT2D eigenvalue weighted by Gasteiger charge is -2.05. The number of hydrogen-bond acceptors (Lipinski definition) is 1. The highest BCUT2D eigenvalue weighted by molar-refractivity contribution is 6.32. The Balaban J connectivity index is 2.37. The summed E-state index contributed by atoms with van der Waals surface area (Å²) in [4.78, 5) is 0. The fourth-order valence-electron chi connectivity index (χ4n) is 1.46. The van der Waals surface area contributed by atoms with Crippen LogP contribution in [0, 0.1) is 11.3 Å². The minimum absolute atomic E-state index is 0.117. The van der Waals surface area contributed by atoms with E-state index in [2.05, 4.69) is 38.2 Å². The van der Waals surface area contributed by atoms with Gasteiger partial charge in [0.15, 0.2) is 0 Å². The molecule has 1 aromatic carbocycles. The molecule has 1 aromatic rings. The quantitative estimate of drug-likeness (QED) is 0.541. The van der Waals surface area contributed by atoms with E-state index in [1.54, 1.807) is 0 Å². The molecule has 58 valence electrons. The highest BCUT2D eigenvalue weighted by Crippen LogP contribution is 2.47. The Morgan fingerprint density at radius 1 is 1.25 bits per heavy atom. The van der Waals surface area contributed by atoms with E-state index in [0.717, 1.165) is 12.8 Å². The van der Waals surface area contributed by atoms with E-state index in [1.807, 2.05) is 0 Å². The first-order valence-electron chi connectivity index (χ1n) is 4.25. The van der Waals surface area contributed by atoms with Gasteiger partial charge in [-0.05, 0) is 18.4 Å². The average molecular weight is 155 g/mol. The first kappa shape index (κ1) is 7.43. The van der Waals surface area contributed by atoms with Gasteiger partial charge in [-0.15, -0.1) is 0 Å². The molecule has 0 spiro atoms. The first-order chi connectivity index (χ1) is 5.77. The van der Waals surface area contributed by atoms with Gasteiger partial charge in [0.25, 0.3) is 0 Å². The van der Waals surface area contributed by atoms with Crippen molar-refractivity contribution in [3.8, 4) is 6.07 Å². The highest BCUT2D eigenvalue weighted by atomic mass is 14.5. The molecule has 0 atom stereocenters. The van der Waals surface area contributed by atoms with Crippen molar-refractivity contribution in [2.24, 2.45) is 0 Å². The van der Waals surface area contributed by atoms with Crippen molar-refractivity contribution < 1.29 is 0 Å². The van der Waals surface area contributed by atoms with E-state index in [4.69, 9.17) is 5.26 Å². The molecule has 0 bridgehead atoms. The number of nitrogens with zero attached hydrogens (tertiary/aromatic N) is 1. The lowest BCUT2D eigenvalue weighted by atomic mass is 9.91. The summed E-state index contributed by atoms with van der Waals surface area (Å²) in [6.07, 6.45) is 2.07. The van der Waals surface area contributed by atoms with Crippen LogP contribution in [0.25, 0.3) is 0 Å². The third kappa shape index (κ3) is 1.02. The van der Waals surface area contributed by atoms with Crippen molar-refractivity contribution >= 4 is 13.3 Å². The molecular formula is C10H10BN. The van der Waals surface area contributed by atoms with Crippen LogP contribution in [0.15, 0.2) is 24.3 Å². The summed E-state index contributed by atoms with van der Waals surface area (Å²) in [5.74, 6) is 0. The molecule has 1 nitrogen and oxygen atoms in total. The summed E-state index contributed by atoms with van der Waals surface area (Å²) in [6.45, 7) is 0. The molecule has 0 aromatic heterocycles. The monoisotopic (exact) mass is 155 g/mol. The zero-order valence-corrected chi connectivity index (χ0v) is 7.17. The standard InChI is InChI=1S/C10H10BN/c11-9-3-1-8(2-4-9)10(7-12)5-6-10/h1-4H,5-6,11H2. The van der Waals surface area contributed by atoms with Crippen LogP contribution < -0.4 is 5.46 Å². The van der Waals surface area contributed by atoms with Crippen molar-refractivity contribution in [3.05, 3.63) is 29.8 Å². The smallest absolute Gasteiger partial charge is 0.139 e. The summed E-state index contributed by atoms with van der Waals surface area (Å²) in [5, 5.41) is 8.93. The summed E-state index contributed by atoms with van der Waals surface area (Å²) >= 11 is 0. The van der Waals surface area contributed by atoms with Crippen LogP contribution in [0.5, 0.6) is 0 Å². The van der Waals surface area contributed by atoms with Gasteiger partial charge in [-0.2, -0.15) is 5.26 Å². The van der Waals surface area contributed by atoms with Crippen molar-refractivity contribution in [3.63, 3.8) is 0 Å². The Kier molecular flexibility index (Phi) is 1.47. The number of hydrogen-bond donors (Lipinski definition) is 0. The largest absolute Gasteiger partial charge is 0.197 e. The number of rotatable bonds is 1. The van der Waals surface area contributed by atoms with E-state index < -0.39 is 0 Å². The van der Waals surface area contributed by atoms with Crippen LogP contribution in [-0.2, 0) is 5.41 Å². The van der Waals surface area contributed by atoms with Crippen molar-refractivity contribution in [2.45, 2.75) is 18.3 Å². The van der Waals surface area contributed by atoms with Crippen LogP contribution in [0.3, 0.4) is 0 Å². The van der Waals surface area contributed by atoms with E-state index in [9.17, 15) is 0 Å². The van der Waals surface area contributed by atoms with E-state index in [0.29, 0.717) is 0 Å². The van der Waals surface area contributed by atoms with Crippen molar-refractivity contribution in [1.82, 2.24) is 0 Å². The van der Waals surface area contributed by atoms with Gasteiger partial charge in [0.05, 0.1) is 11.5 Å². The van der Waals surface area contributed by atoms with Gasteiger partial charge in [0, 0.05) is 0 Å². The van der Waals surface area contributed by atoms with Gasteiger partial charge >= 0.3 is 0 Å². The minimum Gasteiger partial charge on any atom is -0.197 e. The zero-order valence-electron chi connectivity index (χ0n) is 7.17. The molecule has 0 amide bonds. The summed E-state index contributed by atoms with van der Waals surface area (Å²) in [5.41, 5.74) is 2.33. The van der Waals surface area contributed by atoms with Gasteiger partial charge in [-0.25, -0.2) is 0 Å². The molecule has 12 heavy (non-hydrogen) atoms. The normalized spacial score (nSPS) is 18.2. The average Bonchev–Trinajstić information content (AvgIpc) is 2.86. The van der Waals surface area contributed by atoms with Gasteiger partial charge < -0.3 is 0 Å². The maximum atomic E-state index is 8.93. The second-order valence-corrected chi connectivity index (χ2v) is 3.56. The van der Waals surface area contributed by atoms with Crippen LogP contribution in [0.2, 0.25) is 0 Å². The van der Waals surface area contributed by atoms with E-state index in [1.165, 1.54) is 11.0 Å². The molecule has 0 radical (unpaired) electrons. The Morgan fingerprint density at radius 3 is 2.25 bits per heavy atom. The van der Waals surface area contributed by atoms with Crippen LogP contribution >= 0.6 is 0 Å². The Morgan fingerprint density at radius 2 is 1.83 bits per heavy atom. The molecule has 0 aliphatic heterocycles. The molecule has 2 rings (SSSR count). The topological polar surface area (TPSA) is 23.8 Å². The summed E-state index contributed by atoms with van der Waals surface area (Å²) in [6, 6.07) is 10.7. The third-order valence-electron chi connectivity index (χ3n) is 2.57. The lowest BCUT2D eigenvalue weighted by molar-refractivity contribution is 0.909. The fourth-order valence-corrected chi connectivity index (χ4v) is 1.46. The SMILES string of the molecule is Bc1ccc(C2(C#N)CC2)cc1.